The number of rotatable bonds is 4. The molecule has 0 aromatic carbocycles. The first-order valence-corrected chi connectivity index (χ1v) is 7.33. The average molecular weight is 238 g/mol. The van der Waals surface area contributed by atoms with Gasteiger partial charge in [-0.2, -0.15) is 0 Å². The second-order valence-corrected chi connectivity index (χ2v) is 5.78. The van der Waals surface area contributed by atoms with Crippen molar-refractivity contribution in [2.75, 3.05) is 6.54 Å². The standard InChI is InChI=1S/C13H22N2S/c1-10-5-3-4-6-12(10)7-14-11(2)13-8-16-9-15-13/h8-12,14H,3-7H2,1-2H3. The van der Waals surface area contributed by atoms with Crippen molar-refractivity contribution in [1.82, 2.24) is 10.3 Å². The van der Waals surface area contributed by atoms with Crippen molar-refractivity contribution in [3.05, 3.63) is 16.6 Å². The van der Waals surface area contributed by atoms with Gasteiger partial charge in [0, 0.05) is 11.4 Å². The molecule has 0 spiro atoms. The largest absolute Gasteiger partial charge is 0.309 e. The summed E-state index contributed by atoms with van der Waals surface area (Å²) in [6.07, 6.45) is 5.66. The van der Waals surface area contributed by atoms with Gasteiger partial charge in [0.25, 0.3) is 0 Å². The smallest absolute Gasteiger partial charge is 0.0795 e. The number of thiazole rings is 1. The maximum atomic E-state index is 4.35. The quantitative estimate of drug-likeness (QED) is 0.866. The molecule has 3 heteroatoms. The maximum Gasteiger partial charge on any atom is 0.0795 e. The zero-order valence-electron chi connectivity index (χ0n) is 10.3. The SMILES string of the molecule is CC(NCC1CCCCC1C)c1cscn1. The van der Waals surface area contributed by atoms with Crippen molar-refractivity contribution in [3.63, 3.8) is 0 Å². The van der Waals surface area contributed by atoms with Crippen molar-refractivity contribution in [2.24, 2.45) is 11.8 Å². The van der Waals surface area contributed by atoms with Crippen LogP contribution in [0.1, 0.15) is 51.3 Å². The van der Waals surface area contributed by atoms with Gasteiger partial charge in [0.2, 0.25) is 0 Å². The van der Waals surface area contributed by atoms with E-state index in [0.29, 0.717) is 6.04 Å². The van der Waals surface area contributed by atoms with Crippen LogP contribution in [0.15, 0.2) is 10.9 Å². The van der Waals surface area contributed by atoms with Crippen LogP contribution in [-0.4, -0.2) is 11.5 Å². The molecule has 1 fully saturated rings. The third-order valence-corrected chi connectivity index (χ3v) is 4.48. The van der Waals surface area contributed by atoms with Crippen LogP contribution < -0.4 is 5.32 Å². The number of hydrogen-bond donors (Lipinski definition) is 1. The van der Waals surface area contributed by atoms with Crippen LogP contribution in [0.3, 0.4) is 0 Å². The molecule has 16 heavy (non-hydrogen) atoms. The molecule has 1 saturated carbocycles. The van der Waals surface area contributed by atoms with Gasteiger partial charge >= 0.3 is 0 Å². The first-order chi connectivity index (χ1) is 7.77. The zero-order chi connectivity index (χ0) is 11.4. The van der Waals surface area contributed by atoms with Gasteiger partial charge in [0.1, 0.15) is 0 Å². The Kier molecular flexibility index (Phi) is 4.36. The van der Waals surface area contributed by atoms with Gasteiger partial charge in [-0.25, -0.2) is 4.98 Å². The number of aromatic nitrogens is 1. The Morgan fingerprint density at radius 1 is 1.50 bits per heavy atom. The average Bonchev–Trinajstić information content (AvgIpc) is 2.81. The fraction of sp³-hybridized carbons (Fsp3) is 0.769. The fourth-order valence-electron chi connectivity index (χ4n) is 2.56. The maximum absolute atomic E-state index is 4.35. The highest BCUT2D eigenvalue weighted by molar-refractivity contribution is 7.07. The predicted molar refractivity (Wildman–Crippen MR) is 69.7 cm³/mol. The topological polar surface area (TPSA) is 24.9 Å². The normalized spacial score (nSPS) is 27.9. The Balaban J connectivity index is 1.78. The molecule has 3 atom stereocenters. The molecule has 1 aromatic heterocycles. The van der Waals surface area contributed by atoms with E-state index in [1.807, 2.05) is 5.51 Å². The van der Waals surface area contributed by atoms with Gasteiger partial charge in [0.05, 0.1) is 11.2 Å². The first kappa shape index (κ1) is 12.1. The van der Waals surface area contributed by atoms with Crippen LogP contribution >= 0.6 is 11.3 Å². The van der Waals surface area contributed by atoms with Crippen LogP contribution in [0.25, 0.3) is 0 Å². The van der Waals surface area contributed by atoms with E-state index in [-0.39, 0.29) is 0 Å². The molecule has 0 bridgehead atoms. The lowest BCUT2D eigenvalue weighted by atomic mass is 9.80. The van der Waals surface area contributed by atoms with Crippen LogP contribution in [0, 0.1) is 11.8 Å². The summed E-state index contributed by atoms with van der Waals surface area (Å²) in [5.41, 5.74) is 3.10. The molecule has 2 nitrogen and oxygen atoms in total. The molecular formula is C13H22N2S. The summed E-state index contributed by atoms with van der Waals surface area (Å²) < 4.78 is 0. The van der Waals surface area contributed by atoms with E-state index in [0.717, 1.165) is 18.4 Å². The highest BCUT2D eigenvalue weighted by Gasteiger charge is 2.21. The van der Waals surface area contributed by atoms with Gasteiger partial charge in [-0.15, -0.1) is 11.3 Å². The molecule has 1 aromatic rings. The lowest BCUT2D eigenvalue weighted by Crippen LogP contribution is -2.31. The molecule has 2 rings (SSSR count). The Hall–Kier alpha value is -0.410. The summed E-state index contributed by atoms with van der Waals surface area (Å²) in [5, 5.41) is 5.77. The van der Waals surface area contributed by atoms with Gasteiger partial charge in [-0.3, -0.25) is 0 Å². The molecule has 1 aliphatic rings. The Bertz CT molecular complexity index is 297. The van der Waals surface area contributed by atoms with Crippen LogP contribution in [0.5, 0.6) is 0 Å². The summed E-state index contributed by atoms with van der Waals surface area (Å²) in [6, 6.07) is 0.403. The Labute approximate surface area is 102 Å². The highest BCUT2D eigenvalue weighted by Crippen LogP contribution is 2.29. The fourth-order valence-corrected chi connectivity index (χ4v) is 3.21. The first-order valence-electron chi connectivity index (χ1n) is 6.39. The lowest BCUT2D eigenvalue weighted by molar-refractivity contribution is 0.242. The molecule has 0 aliphatic heterocycles. The van der Waals surface area contributed by atoms with E-state index >= 15 is 0 Å². The zero-order valence-corrected chi connectivity index (χ0v) is 11.1. The molecule has 3 unspecified atom stereocenters. The van der Waals surface area contributed by atoms with Crippen molar-refractivity contribution in [1.29, 1.82) is 0 Å². The van der Waals surface area contributed by atoms with E-state index in [4.69, 9.17) is 0 Å². The molecule has 90 valence electrons. The van der Waals surface area contributed by atoms with Crippen LogP contribution in [0.2, 0.25) is 0 Å². The minimum absolute atomic E-state index is 0.403. The van der Waals surface area contributed by atoms with Crippen molar-refractivity contribution < 1.29 is 0 Å². The molecule has 1 N–H and O–H groups in total. The lowest BCUT2D eigenvalue weighted by Gasteiger charge is -2.29. The molecule has 1 aliphatic carbocycles. The summed E-state index contributed by atoms with van der Waals surface area (Å²) in [5.74, 6) is 1.76. The third-order valence-electron chi connectivity index (χ3n) is 3.87. The predicted octanol–water partition coefficient (Wildman–Crippen LogP) is 3.62. The summed E-state index contributed by atoms with van der Waals surface area (Å²) in [4.78, 5) is 4.35. The van der Waals surface area contributed by atoms with E-state index in [2.05, 4.69) is 29.5 Å². The number of nitrogens with one attached hydrogen (secondary N) is 1. The van der Waals surface area contributed by atoms with Crippen molar-refractivity contribution in [3.8, 4) is 0 Å². The van der Waals surface area contributed by atoms with Gasteiger partial charge < -0.3 is 5.32 Å². The summed E-state index contributed by atoms with van der Waals surface area (Å²) in [7, 11) is 0. The number of nitrogens with zero attached hydrogens (tertiary/aromatic N) is 1. The number of hydrogen-bond acceptors (Lipinski definition) is 3. The highest BCUT2D eigenvalue weighted by atomic mass is 32.1. The summed E-state index contributed by atoms with van der Waals surface area (Å²) in [6.45, 7) is 5.77. The molecule has 1 heterocycles. The van der Waals surface area contributed by atoms with Gasteiger partial charge in [-0.05, 0) is 31.7 Å². The van der Waals surface area contributed by atoms with Crippen molar-refractivity contribution >= 4 is 11.3 Å². The molecule has 0 saturated heterocycles. The Morgan fingerprint density at radius 3 is 3.00 bits per heavy atom. The molecule has 0 amide bonds. The van der Waals surface area contributed by atoms with E-state index in [9.17, 15) is 0 Å². The minimum Gasteiger partial charge on any atom is -0.309 e. The second-order valence-electron chi connectivity index (χ2n) is 5.07. The molecule has 0 radical (unpaired) electrons. The van der Waals surface area contributed by atoms with E-state index in [1.54, 1.807) is 11.3 Å². The van der Waals surface area contributed by atoms with Gasteiger partial charge in [-0.1, -0.05) is 26.2 Å². The monoisotopic (exact) mass is 238 g/mol. The Morgan fingerprint density at radius 2 is 2.31 bits per heavy atom. The van der Waals surface area contributed by atoms with E-state index < -0.39 is 0 Å². The van der Waals surface area contributed by atoms with E-state index in [1.165, 1.54) is 31.4 Å². The minimum atomic E-state index is 0.403. The second kappa shape index (κ2) is 5.78. The van der Waals surface area contributed by atoms with Crippen LogP contribution in [0.4, 0.5) is 0 Å². The molecular weight excluding hydrogens is 216 g/mol. The van der Waals surface area contributed by atoms with Crippen molar-refractivity contribution in [2.45, 2.75) is 45.6 Å². The third kappa shape index (κ3) is 3.05. The van der Waals surface area contributed by atoms with Crippen LogP contribution in [-0.2, 0) is 0 Å². The van der Waals surface area contributed by atoms with Gasteiger partial charge in [0.15, 0.2) is 0 Å². The summed E-state index contributed by atoms with van der Waals surface area (Å²) >= 11 is 1.68.